The number of pyridine rings is 1. The lowest BCUT2D eigenvalue weighted by molar-refractivity contribution is 0.386. The van der Waals surface area contributed by atoms with Gasteiger partial charge in [-0.3, -0.25) is 0 Å². The second-order valence-corrected chi connectivity index (χ2v) is 9.12. The minimum atomic E-state index is 0.469. The molecule has 2 atom stereocenters. The van der Waals surface area contributed by atoms with Crippen LogP contribution in [0.1, 0.15) is 6.42 Å². The molecule has 5 heterocycles. The van der Waals surface area contributed by atoms with Gasteiger partial charge in [0.25, 0.3) is 0 Å². The zero-order valence-electron chi connectivity index (χ0n) is 19.3. The molecule has 1 aromatic carbocycles. The van der Waals surface area contributed by atoms with Crippen molar-refractivity contribution in [2.45, 2.75) is 12.5 Å². The van der Waals surface area contributed by atoms with Gasteiger partial charge in [-0.05, 0) is 43.7 Å². The summed E-state index contributed by atoms with van der Waals surface area (Å²) in [5.41, 5.74) is 11.8. The highest BCUT2D eigenvalue weighted by molar-refractivity contribution is 5.81. The maximum Gasteiger partial charge on any atom is 0.227 e. The number of methoxy groups -OCH3 is 1. The number of aromatic nitrogens is 4. The number of nitrogens with zero attached hydrogens (tertiary/aromatic N) is 6. The maximum atomic E-state index is 6.56. The van der Waals surface area contributed by atoms with Crippen molar-refractivity contribution in [3.63, 3.8) is 0 Å². The predicted molar refractivity (Wildman–Crippen MR) is 134 cm³/mol. The van der Waals surface area contributed by atoms with E-state index in [0.29, 0.717) is 23.7 Å². The number of likely N-dealkylation sites (N-methyl/N-ethyl adjacent to an activating group) is 1. The second kappa shape index (κ2) is 8.18. The summed E-state index contributed by atoms with van der Waals surface area (Å²) in [7, 11) is 3.86. The summed E-state index contributed by atoms with van der Waals surface area (Å²) in [6.45, 7) is 3.24. The smallest absolute Gasteiger partial charge is 0.227 e. The highest BCUT2D eigenvalue weighted by atomic mass is 16.5. The lowest BCUT2D eigenvalue weighted by Gasteiger charge is -2.28. The molecule has 174 valence electrons. The van der Waals surface area contributed by atoms with Crippen molar-refractivity contribution in [1.29, 1.82) is 0 Å². The van der Waals surface area contributed by atoms with E-state index in [-0.39, 0.29) is 0 Å². The molecule has 34 heavy (non-hydrogen) atoms. The van der Waals surface area contributed by atoms with Gasteiger partial charge >= 0.3 is 0 Å². The van der Waals surface area contributed by atoms with Crippen LogP contribution in [0.25, 0.3) is 16.8 Å². The fourth-order valence-corrected chi connectivity index (χ4v) is 5.39. The van der Waals surface area contributed by atoms with Crippen molar-refractivity contribution in [1.82, 2.24) is 24.5 Å². The standard InChI is InChI=1S/C25H28N8O/c1-31-14-16-7-10-32(23(16)15-31)22-12-24(34-2)20(11-18(22)26)30-25-27-8-6-19(29-25)17-13-28-33-9-4-3-5-21(17)33/h3-6,8-9,11-13,16,23H,7,10,14-15,26H2,1-2H3,(H,27,29,30)/t16-,23+/m1/s1. The van der Waals surface area contributed by atoms with E-state index in [1.165, 1.54) is 6.42 Å². The number of nitrogen functional groups attached to an aromatic ring is 1. The highest BCUT2D eigenvalue weighted by Crippen LogP contribution is 2.42. The molecule has 9 nitrogen and oxygen atoms in total. The van der Waals surface area contributed by atoms with Gasteiger partial charge in [0, 0.05) is 49.7 Å². The Morgan fingerprint density at radius 3 is 2.97 bits per heavy atom. The Kier molecular flexibility index (Phi) is 4.99. The van der Waals surface area contributed by atoms with Crippen LogP contribution in [0.15, 0.2) is 55.0 Å². The van der Waals surface area contributed by atoms with Gasteiger partial charge in [-0.15, -0.1) is 0 Å². The molecule has 6 rings (SSSR count). The number of hydrogen-bond donors (Lipinski definition) is 2. The number of hydrogen-bond acceptors (Lipinski definition) is 8. The number of ether oxygens (including phenoxy) is 1. The van der Waals surface area contributed by atoms with Crippen LogP contribution in [0, 0.1) is 5.92 Å². The van der Waals surface area contributed by atoms with Crippen molar-refractivity contribution in [2.24, 2.45) is 5.92 Å². The predicted octanol–water partition coefficient (Wildman–Crippen LogP) is 3.27. The van der Waals surface area contributed by atoms with E-state index in [1.807, 2.05) is 53.3 Å². The molecule has 0 bridgehead atoms. The monoisotopic (exact) mass is 456 g/mol. The van der Waals surface area contributed by atoms with Crippen LogP contribution in [-0.4, -0.2) is 64.3 Å². The SMILES string of the molecule is COc1cc(N2CC[C@@H]3CN(C)C[C@@H]32)c(N)cc1Nc1nccc(-c2cnn3ccccc23)n1. The van der Waals surface area contributed by atoms with E-state index < -0.39 is 0 Å². The molecule has 0 aliphatic carbocycles. The molecule has 3 aromatic heterocycles. The van der Waals surface area contributed by atoms with Crippen LogP contribution in [-0.2, 0) is 0 Å². The zero-order valence-corrected chi connectivity index (χ0v) is 19.3. The van der Waals surface area contributed by atoms with Crippen molar-refractivity contribution < 1.29 is 4.74 Å². The molecular formula is C25H28N8O. The van der Waals surface area contributed by atoms with Gasteiger partial charge in [0.1, 0.15) is 5.75 Å². The first-order valence-corrected chi connectivity index (χ1v) is 11.6. The van der Waals surface area contributed by atoms with E-state index in [1.54, 1.807) is 13.3 Å². The average molecular weight is 457 g/mol. The molecule has 2 aliphatic rings. The number of nitrogens with one attached hydrogen (secondary N) is 1. The molecule has 0 radical (unpaired) electrons. The fraction of sp³-hybridized carbons (Fsp3) is 0.320. The summed E-state index contributed by atoms with van der Waals surface area (Å²) in [4.78, 5) is 14.0. The summed E-state index contributed by atoms with van der Waals surface area (Å²) in [5, 5.41) is 7.72. The zero-order chi connectivity index (χ0) is 23.2. The number of likely N-dealkylation sites (tertiary alicyclic amines) is 1. The molecule has 4 aromatic rings. The number of fused-ring (bicyclic) bond motifs is 2. The quantitative estimate of drug-likeness (QED) is 0.442. The summed E-state index contributed by atoms with van der Waals surface area (Å²) < 4.78 is 7.57. The fourth-order valence-electron chi connectivity index (χ4n) is 5.39. The first-order chi connectivity index (χ1) is 16.6. The van der Waals surface area contributed by atoms with Crippen LogP contribution in [0.4, 0.5) is 23.0 Å². The van der Waals surface area contributed by atoms with Crippen molar-refractivity contribution in [3.8, 4) is 17.0 Å². The largest absolute Gasteiger partial charge is 0.494 e. The third-order valence-corrected chi connectivity index (χ3v) is 6.99. The van der Waals surface area contributed by atoms with Gasteiger partial charge in [0.2, 0.25) is 5.95 Å². The molecule has 0 unspecified atom stereocenters. The second-order valence-electron chi connectivity index (χ2n) is 9.12. The molecule has 0 spiro atoms. The Morgan fingerprint density at radius 1 is 1.18 bits per heavy atom. The van der Waals surface area contributed by atoms with Crippen LogP contribution >= 0.6 is 0 Å². The molecule has 3 N–H and O–H groups in total. The Balaban J connectivity index is 1.30. The first-order valence-electron chi connectivity index (χ1n) is 11.6. The van der Waals surface area contributed by atoms with Crippen LogP contribution < -0.4 is 20.7 Å². The minimum absolute atomic E-state index is 0.469. The first kappa shape index (κ1) is 20.7. The van der Waals surface area contributed by atoms with Gasteiger partial charge in [-0.25, -0.2) is 14.5 Å². The Labute approximate surface area is 198 Å². The summed E-state index contributed by atoms with van der Waals surface area (Å²) in [6.07, 6.45) is 6.67. The molecule has 2 aliphatic heterocycles. The Morgan fingerprint density at radius 2 is 2.09 bits per heavy atom. The number of anilines is 4. The van der Waals surface area contributed by atoms with Crippen LogP contribution in [0.3, 0.4) is 0 Å². The molecule has 9 heteroatoms. The lowest BCUT2D eigenvalue weighted by atomic mass is 10.0. The van der Waals surface area contributed by atoms with Crippen LogP contribution in [0.5, 0.6) is 5.75 Å². The Bertz CT molecular complexity index is 1350. The average Bonchev–Trinajstić information content (AvgIpc) is 3.53. The third-order valence-electron chi connectivity index (χ3n) is 6.99. The minimum Gasteiger partial charge on any atom is -0.494 e. The normalized spacial score (nSPS) is 20.1. The number of rotatable bonds is 5. The van der Waals surface area contributed by atoms with E-state index in [0.717, 1.165) is 53.5 Å². The molecular weight excluding hydrogens is 428 g/mol. The highest BCUT2D eigenvalue weighted by Gasteiger charge is 2.40. The number of nitrogens with two attached hydrogens (primary N) is 1. The van der Waals surface area contributed by atoms with Gasteiger partial charge < -0.3 is 25.6 Å². The van der Waals surface area contributed by atoms with Crippen molar-refractivity contribution in [3.05, 3.63) is 55.0 Å². The van der Waals surface area contributed by atoms with E-state index in [2.05, 4.69) is 32.2 Å². The van der Waals surface area contributed by atoms with E-state index in [4.69, 9.17) is 15.5 Å². The van der Waals surface area contributed by atoms with Crippen LogP contribution in [0.2, 0.25) is 0 Å². The third kappa shape index (κ3) is 3.49. The van der Waals surface area contributed by atoms with Crippen molar-refractivity contribution in [2.75, 3.05) is 49.7 Å². The van der Waals surface area contributed by atoms with Gasteiger partial charge in [-0.2, -0.15) is 5.10 Å². The summed E-state index contributed by atoms with van der Waals surface area (Å²) in [5.74, 6) is 1.88. The lowest BCUT2D eigenvalue weighted by Crippen LogP contribution is -2.35. The van der Waals surface area contributed by atoms with Gasteiger partial charge in [0.05, 0.1) is 41.6 Å². The number of benzene rings is 1. The maximum absolute atomic E-state index is 6.56. The molecule has 2 fully saturated rings. The molecule has 0 saturated carbocycles. The molecule has 0 amide bonds. The van der Waals surface area contributed by atoms with E-state index >= 15 is 0 Å². The van der Waals surface area contributed by atoms with Gasteiger partial charge in [-0.1, -0.05) is 6.07 Å². The summed E-state index contributed by atoms with van der Waals surface area (Å²) in [6, 6.07) is 12.3. The van der Waals surface area contributed by atoms with E-state index in [9.17, 15) is 0 Å². The molecule has 2 saturated heterocycles. The Hall–Kier alpha value is -3.85. The topological polar surface area (TPSA) is 96.8 Å². The van der Waals surface area contributed by atoms with Crippen molar-refractivity contribution >= 4 is 28.5 Å². The summed E-state index contributed by atoms with van der Waals surface area (Å²) >= 11 is 0. The van der Waals surface area contributed by atoms with Gasteiger partial charge in [0.15, 0.2) is 0 Å².